The molecule has 1 saturated heterocycles. The molecule has 1 aliphatic heterocycles. The lowest BCUT2D eigenvalue weighted by Gasteiger charge is -2.16. The summed E-state index contributed by atoms with van der Waals surface area (Å²) in [5.74, 6) is -1.84. The third-order valence-corrected chi connectivity index (χ3v) is 3.15. The van der Waals surface area contributed by atoms with E-state index in [0.717, 1.165) is 8.47 Å². The molecule has 0 radical (unpaired) electrons. The van der Waals surface area contributed by atoms with E-state index in [1.165, 1.54) is 12.1 Å². The van der Waals surface area contributed by atoms with Gasteiger partial charge in [-0.2, -0.15) is 0 Å². The molecule has 17 heavy (non-hydrogen) atoms. The molecule has 0 unspecified atom stereocenters. The normalized spacial score (nSPS) is 15.5. The molecule has 0 aliphatic carbocycles. The van der Waals surface area contributed by atoms with Crippen molar-refractivity contribution in [3.8, 4) is 0 Å². The summed E-state index contributed by atoms with van der Waals surface area (Å²) in [6, 6.07) is 4.56. The van der Waals surface area contributed by atoms with Crippen molar-refractivity contribution in [3.05, 3.63) is 27.3 Å². The summed E-state index contributed by atoms with van der Waals surface area (Å²) in [7, 11) is 0. The number of hydrogen-bond acceptors (Lipinski definition) is 3. The van der Waals surface area contributed by atoms with E-state index in [4.69, 9.17) is 5.11 Å². The molecule has 1 heterocycles. The highest BCUT2D eigenvalue weighted by Crippen LogP contribution is 2.28. The first-order valence-corrected chi connectivity index (χ1v) is 5.97. The number of imide groups is 1. The number of nitrogens with zero attached hydrogens (tertiary/aromatic N) is 1. The molecule has 0 saturated carbocycles. The predicted molar refractivity (Wildman–Crippen MR) is 67.8 cm³/mol. The molecular formula is C11H8INO4. The van der Waals surface area contributed by atoms with Gasteiger partial charge in [0.25, 0.3) is 0 Å². The Morgan fingerprint density at radius 2 is 1.82 bits per heavy atom. The minimum atomic E-state index is -1.15. The Hall–Kier alpha value is -1.44. The second-order valence-corrected chi connectivity index (χ2v) is 4.84. The van der Waals surface area contributed by atoms with Crippen LogP contribution < -0.4 is 4.90 Å². The lowest BCUT2D eigenvalue weighted by Crippen LogP contribution is -2.30. The fraction of sp³-hybridized carbons (Fsp3) is 0.182. The first kappa shape index (κ1) is 12.0. The Labute approximate surface area is 111 Å². The molecule has 1 aromatic carbocycles. The van der Waals surface area contributed by atoms with Gasteiger partial charge < -0.3 is 5.11 Å². The van der Waals surface area contributed by atoms with Crippen LogP contribution in [0.15, 0.2) is 18.2 Å². The van der Waals surface area contributed by atoms with Crippen molar-refractivity contribution >= 4 is 46.1 Å². The smallest absolute Gasteiger partial charge is 0.337 e. The van der Waals surface area contributed by atoms with Crippen molar-refractivity contribution in [1.82, 2.24) is 0 Å². The average Bonchev–Trinajstić information content (AvgIpc) is 2.58. The summed E-state index contributed by atoms with van der Waals surface area (Å²) in [6.07, 6.45) is 0.284. The van der Waals surface area contributed by atoms with Gasteiger partial charge in [0.2, 0.25) is 11.8 Å². The Kier molecular flexibility index (Phi) is 3.14. The van der Waals surface area contributed by atoms with Crippen LogP contribution in [0.25, 0.3) is 0 Å². The number of anilines is 1. The molecule has 1 N–H and O–H groups in total. The summed E-state index contributed by atoms with van der Waals surface area (Å²) < 4.78 is 0.773. The SMILES string of the molecule is O=C(O)c1ccc(I)cc1N1C(=O)CCC1=O. The number of carbonyl (C=O) groups is 3. The van der Waals surface area contributed by atoms with Crippen LogP contribution in [-0.4, -0.2) is 22.9 Å². The number of rotatable bonds is 2. The Balaban J connectivity index is 2.57. The summed E-state index contributed by atoms with van der Waals surface area (Å²) in [5, 5.41) is 9.04. The summed E-state index contributed by atoms with van der Waals surface area (Å²) in [4.78, 5) is 35.2. The van der Waals surface area contributed by atoms with Crippen LogP contribution in [0, 0.1) is 3.57 Å². The Bertz CT molecular complexity index is 510. The molecule has 2 amide bonds. The lowest BCUT2D eigenvalue weighted by molar-refractivity contribution is -0.121. The van der Waals surface area contributed by atoms with Crippen molar-refractivity contribution in [2.75, 3.05) is 4.90 Å². The van der Waals surface area contributed by atoms with Crippen LogP contribution in [-0.2, 0) is 9.59 Å². The average molecular weight is 345 g/mol. The van der Waals surface area contributed by atoms with Gasteiger partial charge in [-0.05, 0) is 40.8 Å². The summed E-state index contributed by atoms with van der Waals surface area (Å²) in [5.41, 5.74) is 0.130. The molecular weight excluding hydrogens is 337 g/mol. The number of carboxylic acid groups (broad SMARTS) is 1. The van der Waals surface area contributed by atoms with Crippen molar-refractivity contribution in [3.63, 3.8) is 0 Å². The van der Waals surface area contributed by atoms with Crippen molar-refractivity contribution in [2.24, 2.45) is 0 Å². The van der Waals surface area contributed by atoms with E-state index in [1.807, 2.05) is 22.6 Å². The molecule has 1 aromatic rings. The van der Waals surface area contributed by atoms with Gasteiger partial charge in [0.15, 0.2) is 0 Å². The zero-order valence-electron chi connectivity index (χ0n) is 8.64. The number of halogens is 1. The molecule has 1 fully saturated rings. The monoisotopic (exact) mass is 345 g/mol. The third-order valence-electron chi connectivity index (χ3n) is 2.48. The number of carbonyl (C=O) groups excluding carboxylic acids is 2. The molecule has 2 rings (SSSR count). The Morgan fingerprint density at radius 3 is 2.35 bits per heavy atom. The molecule has 1 aliphatic rings. The zero-order chi connectivity index (χ0) is 12.6. The van der Waals surface area contributed by atoms with Crippen LogP contribution in [0.3, 0.4) is 0 Å². The van der Waals surface area contributed by atoms with Gasteiger partial charge in [-0.25, -0.2) is 9.69 Å². The van der Waals surface area contributed by atoms with E-state index < -0.39 is 5.97 Å². The van der Waals surface area contributed by atoms with Crippen LogP contribution in [0.4, 0.5) is 5.69 Å². The highest BCUT2D eigenvalue weighted by atomic mass is 127. The molecule has 88 valence electrons. The second kappa shape index (κ2) is 4.44. The maximum Gasteiger partial charge on any atom is 0.337 e. The zero-order valence-corrected chi connectivity index (χ0v) is 10.8. The van der Waals surface area contributed by atoms with Crippen molar-refractivity contribution in [2.45, 2.75) is 12.8 Å². The molecule has 0 aromatic heterocycles. The Morgan fingerprint density at radius 1 is 1.24 bits per heavy atom. The minimum absolute atomic E-state index is 0.0333. The highest BCUT2D eigenvalue weighted by Gasteiger charge is 2.32. The highest BCUT2D eigenvalue weighted by molar-refractivity contribution is 14.1. The largest absolute Gasteiger partial charge is 0.478 e. The maximum absolute atomic E-state index is 11.6. The van der Waals surface area contributed by atoms with E-state index in [0.29, 0.717) is 0 Å². The fourth-order valence-corrected chi connectivity index (χ4v) is 2.19. The number of hydrogen-bond donors (Lipinski definition) is 1. The van der Waals surface area contributed by atoms with E-state index in [9.17, 15) is 14.4 Å². The number of amides is 2. The molecule has 6 heteroatoms. The lowest BCUT2D eigenvalue weighted by atomic mass is 10.1. The minimum Gasteiger partial charge on any atom is -0.478 e. The van der Waals surface area contributed by atoms with Crippen LogP contribution in [0.2, 0.25) is 0 Å². The van der Waals surface area contributed by atoms with Crippen LogP contribution in [0.1, 0.15) is 23.2 Å². The van der Waals surface area contributed by atoms with Gasteiger partial charge >= 0.3 is 5.97 Å². The first-order chi connectivity index (χ1) is 8.00. The maximum atomic E-state index is 11.6. The molecule has 0 bridgehead atoms. The summed E-state index contributed by atoms with van der Waals surface area (Å²) in [6.45, 7) is 0. The van der Waals surface area contributed by atoms with Crippen LogP contribution >= 0.6 is 22.6 Å². The predicted octanol–water partition coefficient (Wildman–Crippen LogP) is 1.64. The quantitative estimate of drug-likeness (QED) is 0.653. The second-order valence-electron chi connectivity index (χ2n) is 3.59. The van der Waals surface area contributed by atoms with Gasteiger partial charge in [0, 0.05) is 16.4 Å². The number of aromatic carboxylic acids is 1. The van der Waals surface area contributed by atoms with E-state index in [1.54, 1.807) is 6.07 Å². The molecule has 5 nitrogen and oxygen atoms in total. The number of benzene rings is 1. The van der Waals surface area contributed by atoms with Gasteiger partial charge in [0.05, 0.1) is 11.3 Å². The molecule has 0 spiro atoms. The first-order valence-electron chi connectivity index (χ1n) is 4.89. The van der Waals surface area contributed by atoms with E-state index in [-0.39, 0.29) is 35.9 Å². The fourth-order valence-electron chi connectivity index (χ4n) is 1.72. The van der Waals surface area contributed by atoms with E-state index >= 15 is 0 Å². The van der Waals surface area contributed by atoms with E-state index in [2.05, 4.69) is 0 Å². The van der Waals surface area contributed by atoms with Gasteiger partial charge in [-0.15, -0.1) is 0 Å². The number of carboxylic acids is 1. The van der Waals surface area contributed by atoms with Crippen molar-refractivity contribution in [1.29, 1.82) is 0 Å². The van der Waals surface area contributed by atoms with Crippen LogP contribution in [0.5, 0.6) is 0 Å². The third kappa shape index (κ3) is 2.17. The van der Waals surface area contributed by atoms with Gasteiger partial charge in [-0.1, -0.05) is 0 Å². The molecule has 0 atom stereocenters. The van der Waals surface area contributed by atoms with Gasteiger partial charge in [-0.3, -0.25) is 9.59 Å². The van der Waals surface area contributed by atoms with Gasteiger partial charge in [0.1, 0.15) is 0 Å². The standard InChI is InChI=1S/C11H8INO4/c12-6-1-2-7(11(16)17)8(5-6)13-9(14)3-4-10(13)15/h1-2,5H,3-4H2,(H,16,17). The van der Waals surface area contributed by atoms with Crippen molar-refractivity contribution < 1.29 is 19.5 Å². The topological polar surface area (TPSA) is 74.7 Å². The summed E-state index contributed by atoms with van der Waals surface area (Å²) >= 11 is 2.00.